The van der Waals surface area contributed by atoms with Crippen LogP contribution >= 0.6 is 0 Å². The van der Waals surface area contributed by atoms with Crippen molar-refractivity contribution in [1.82, 2.24) is 0 Å². The number of Topliss-reactive ketones (excluding diaryl/α,β-unsaturated/α-hetero) is 1. The van der Waals surface area contributed by atoms with Gasteiger partial charge in [0.2, 0.25) is 0 Å². The van der Waals surface area contributed by atoms with Gasteiger partial charge in [0.05, 0.1) is 18.1 Å². The lowest BCUT2D eigenvalue weighted by atomic mass is 9.83. The highest BCUT2D eigenvalue weighted by atomic mass is 16.5. The van der Waals surface area contributed by atoms with Crippen LogP contribution in [0.5, 0.6) is 0 Å². The first-order valence-electron chi connectivity index (χ1n) is 6.00. The molecule has 1 fully saturated rings. The van der Waals surface area contributed by atoms with Gasteiger partial charge in [-0.2, -0.15) is 0 Å². The molecule has 0 aromatic heterocycles. The summed E-state index contributed by atoms with van der Waals surface area (Å²) in [7, 11) is 0. The number of allylic oxidation sites excluding steroid dienone is 2. The van der Waals surface area contributed by atoms with Gasteiger partial charge in [-0.3, -0.25) is 4.79 Å². The fourth-order valence-electron chi connectivity index (χ4n) is 2.83. The van der Waals surface area contributed by atoms with E-state index < -0.39 is 0 Å². The van der Waals surface area contributed by atoms with E-state index in [9.17, 15) is 4.79 Å². The van der Waals surface area contributed by atoms with E-state index in [2.05, 4.69) is 19.9 Å². The third-order valence-electron chi connectivity index (χ3n) is 3.90. The quantitative estimate of drug-likeness (QED) is 0.697. The summed E-state index contributed by atoms with van der Waals surface area (Å²) in [6.07, 6.45) is 5.62. The monoisotopic (exact) mass is 208 g/mol. The lowest BCUT2D eigenvalue weighted by Crippen LogP contribution is -2.27. The maximum Gasteiger partial charge on any atom is 0.164 e. The van der Waals surface area contributed by atoms with E-state index >= 15 is 0 Å². The molecule has 84 valence electrons. The lowest BCUT2D eigenvalue weighted by Gasteiger charge is -2.17. The summed E-state index contributed by atoms with van der Waals surface area (Å²) in [6.45, 7) is 6.22. The van der Waals surface area contributed by atoms with Gasteiger partial charge in [0.15, 0.2) is 5.78 Å². The van der Waals surface area contributed by atoms with E-state index in [1.165, 1.54) is 0 Å². The van der Waals surface area contributed by atoms with Crippen LogP contribution in [0.1, 0.15) is 40.0 Å². The van der Waals surface area contributed by atoms with E-state index in [1.54, 1.807) is 0 Å². The summed E-state index contributed by atoms with van der Waals surface area (Å²) in [5.41, 5.74) is 1.05. The van der Waals surface area contributed by atoms with Crippen LogP contribution in [-0.4, -0.2) is 18.0 Å². The van der Waals surface area contributed by atoms with Crippen LogP contribution in [0.3, 0.4) is 0 Å². The highest BCUT2D eigenvalue weighted by Gasteiger charge is 2.42. The van der Waals surface area contributed by atoms with Crippen LogP contribution in [0.15, 0.2) is 11.6 Å². The van der Waals surface area contributed by atoms with Crippen molar-refractivity contribution in [3.05, 3.63) is 11.6 Å². The molecule has 2 aliphatic rings. The predicted molar refractivity (Wildman–Crippen MR) is 59.6 cm³/mol. The second-order valence-corrected chi connectivity index (χ2v) is 4.92. The highest BCUT2D eigenvalue weighted by Crippen LogP contribution is 2.36. The van der Waals surface area contributed by atoms with Crippen molar-refractivity contribution in [1.29, 1.82) is 0 Å². The third-order valence-corrected chi connectivity index (χ3v) is 3.90. The molecule has 2 heteroatoms. The number of hydrogen-bond acceptors (Lipinski definition) is 2. The van der Waals surface area contributed by atoms with Gasteiger partial charge in [-0.05, 0) is 44.6 Å². The molecule has 1 aliphatic heterocycles. The molecule has 2 nitrogen and oxygen atoms in total. The molecule has 1 heterocycles. The Morgan fingerprint density at radius 1 is 1.33 bits per heavy atom. The largest absolute Gasteiger partial charge is 0.374 e. The minimum Gasteiger partial charge on any atom is -0.374 e. The zero-order chi connectivity index (χ0) is 11.0. The number of carbonyl (C=O) groups excluding carboxylic acids is 1. The van der Waals surface area contributed by atoms with Crippen LogP contribution in [0, 0.1) is 11.8 Å². The predicted octanol–water partition coefficient (Wildman–Crippen LogP) is 2.73. The summed E-state index contributed by atoms with van der Waals surface area (Å²) in [5, 5.41) is 0. The van der Waals surface area contributed by atoms with Crippen molar-refractivity contribution in [2.45, 2.75) is 52.2 Å². The zero-order valence-corrected chi connectivity index (χ0v) is 9.82. The smallest absolute Gasteiger partial charge is 0.164 e. The van der Waals surface area contributed by atoms with Crippen molar-refractivity contribution in [3.8, 4) is 0 Å². The standard InChI is InChI=1S/C13H20O2/c1-8-9(2)15-10(3)12(8)13(14)11-6-4-5-7-11/h6,8-10,12H,4-5,7H2,1-3H3. The molecule has 15 heavy (non-hydrogen) atoms. The van der Waals surface area contributed by atoms with E-state index in [0.717, 1.165) is 24.8 Å². The molecule has 0 aromatic carbocycles. The third kappa shape index (κ3) is 1.87. The maximum absolute atomic E-state index is 12.3. The molecule has 2 rings (SSSR count). The van der Waals surface area contributed by atoms with Gasteiger partial charge in [0.25, 0.3) is 0 Å². The summed E-state index contributed by atoms with van der Waals surface area (Å²) >= 11 is 0. The van der Waals surface area contributed by atoms with Gasteiger partial charge in [0, 0.05) is 0 Å². The van der Waals surface area contributed by atoms with Gasteiger partial charge in [-0.15, -0.1) is 0 Å². The second kappa shape index (κ2) is 4.09. The van der Waals surface area contributed by atoms with Crippen LogP contribution in [0.2, 0.25) is 0 Å². The summed E-state index contributed by atoms with van der Waals surface area (Å²) in [4.78, 5) is 12.3. The van der Waals surface area contributed by atoms with Gasteiger partial charge < -0.3 is 4.74 Å². The Kier molecular flexibility index (Phi) is 2.96. The Labute approximate surface area is 91.7 Å². The Hall–Kier alpha value is -0.630. The molecule has 0 bridgehead atoms. The lowest BCUT2D eigenvalue weighted by molar-refractivity contribution is -0.121. The van der Waals surface area contributed by atoms with E-state index in [-0.39, 0.29) is 18.1 Å². The number of hydrogen-bond donors (Lipinski definition) is 0. The Balaban J connectivity index is 2.12. The number of ketones is 1. The van der Waals surface area contributed by atoms with Crippen molar-refractivity contribution < 1.29 is 9.53 Å². The van der Waals surface area contributed by atoms with Crippen molar-refractivity contribution in [3.63, 3.8) is 0 Å². The summed E-state index contributed by atoms with van der Waals surface area (Å²) in [5.74, 6) is 0.787. The molecule has 0 saturated carbocycles. The number of rotatable bonds is 2. The minimum absolute atomic E-state index is 0.0870. The van der Waals surface area contributed by atoms with Crippen LogP contribution in [0.4, 0.5) is 0 Å². The average molecular weight is 208 g/mol. The molecule has 0 aromatic rings. The van der Waals surface area contributed by atoms with Crippen molar-refractivity contribution in [2.75, 3.05) is 0 Å². The second-order valence-electron chi connectivity index (χ2n) is 4.92. The van der Waals surface area contributed by atoms with Gasteiger partial charge in [-0.1, -0.05) is 13.0 Å². The van der Waals surface area contributed by atoms with Crippen molar-refractivity contribution in [2.24, 2.45) is 11.8 Å². The van der Waals surface area contributed by atoms with Crippen LogP contribution in [0.25, 0.3) is 0 Å². The molecule has 0 radical (unpaired) electrons. The molecule has 0 spiro atoms. The first-order chi connectivity index (χ1) is 7.11. The molecule has 1 aliphatic carbocycles. The molecular formula is C13H20O2. The average Bonchev–Trinajstić information content (AvgIpc) is 2.76. The molecule has 0 N–H and O–H groups in total. The highest BCUT2D eigenvalue weighted by molar-refractivity contribution is 5.98. The Bertz CT molecular complexity index is 293. The molecule has 0 amide bonds. The fourth-order valence-corrected chi connectivity index (χ4v) is 2.83. The van der Waals surface area contributed by atoms with Gasteiger partial charge >= 0.3 is 0 Å². The number of ether oxygens (including phenoxy) is 1. The fraction of sp³-hybridized carbons (Fsp3) is 0.769. The van der Waals surface area contributed by atoms with E-state index in [4.69, 9.17) is 4.74 Å². The van der Waals surface area contributed by atoms with Crippen LogP contribution in [-0.2, 0) is 9.53 Å². The zero-order valence-electron chi connectivity index (χ0n) is 9.82. The molecular weight excluding hydrogens is 188 g/mol. The molecule has 4 atom stereocenters. The van der Waals surface area contributed by atoms with Gasteiger partial charge in [-0.25, -0.2) is 0 Å². The Morgan fingerprint density at radius 3 is 2.53 bits per heavy atom. The van der Waals surface area contributed by atoms with E-state index in [0.29, 0.717) is 11.7 Å². The maximum atomic E-state index is 12.3. The molecule has 1 saturated heterocycles. The minimum atomic E-state index is 0.0870. The summed E-state index contributed by atoms with van der Waals surface area (Å²) < 4.78 is 5.72. The first kappa shape index (κ1) is 10.9. The normalized spacial score (nSPS) is 40.6. The van der Waals surface area contributed by atoms with Crippen molar-refractivity contribution >= 4 is 5.78 Å². The number of carbonyl (C=O) groups is 1. The van der Waals surface area contributed by atoms with Gasteiger partial charge in [0.1, 0.15) is 0 Å². The molecule has 4 unspecified atom stereocenters. The first-order valence-corrected chi connectivity index (χ1v) is 6.00. The SMILES string of the molecule is CC1OC(C)C(C(=O)C2=CCCC2)C1C. The van der Waals surface area contributed by atoms with E-state index in [1.807, 2.05) is 6.92 Å². The topological polar surface area (TPSA) is 26.3 Å². The Morgan fingerprint density at radius 2 is 2.07 bits per heavy atom. The summed E-state index contributed by atoms with van der Waals surface area (Å²) in [6, 6.07) is 0. The van der Waals surface area contributed by atoms with Crippen LogP contribution < -0.4 is 0 Å².